The molecule has 1 unspecified atom stereocenters. The van der Waals surface area contributed by atoms with Crippen molar-refractivity contribution >= 4 is 9.84 Å². The van der Waals surface area contributed by atoms with Gasteiger partial charge in [-0.05, 0) is 12.8 Å². The summed E-state index contributed by atoms with van der Waals surface area (Å²) in [4.78, 5) is 4.03. The highest BCUT2D eigenvalue weighted by molar-refractivity contribution is 7.90. The van der Waals surface area contributed by atoms with Crippen molar-refractivity contribution in [2.45, 2.75) is 26.1 Å². The summed E-state index contributed by atoms with van der Waals surface area (Å²) in [5.74, 6) is 0.279. The first kappa shape index (κ1) is 13.2. The molecule has 0 aromatic carbocycles. The molecule has 1 heterocycles. The quantitative estimate of drug-likeness (QED) is 0.791. The summed E-state index contributed by atoms with van der Waals surface area (Å²) in [6, 6.07) is 0. The van der Waals surface area contributed by atoms with Crippen LogP contribution < -0.4 is 0 Å². The summed E-state index contributed by atoms with van der Waals surface area (Å²) >= 11 is 0. The zero-order valence-electron chi connectivity index (χ0n) is 9.63. The fourth-order valence-electron chi connectivity index (χ4n) is 1.51. The molecule has 0 amide bonds. The Balaban J connectivity index is 2.73. The maximum absolute atomic E-state index is 11.8. The standard InChI is InChI=1S/C10H18N2O3S/c1-3-12-5-4-11-10(12)8-16(14,15)7-9(2)6-13/h4-5,9,13H,3,6-8H2,1-2H3. The lowest BCUT2D eigenvalue weighted by Gasteiger charge is -2.09. The minimum Gasteiger partial charge on any atom is -0.396 e. The van der Waals surface area contributed by atoms with E-state index in [0.29, 0.717) is 12.4 Å². The Hall–Kier alpha value is -0.880. The Kier molecular flexibility index (Phi) is 4.49. The number of imidazole rings is 1. The number of aliphatic hydroxyl groups excluding tert-OH is 1. The normalized spacial score (nSPS) is 13.9. The fraction of sp³-hybridized carbons (Fsp3) is 0.700. The third-order valence-corrected chi connectivity index (χ3v) is 4.12. The number of hydrogen-bond donors (Lipinski definition) is 1. The highest BCUT2D eigenvalue weighted by atomic mass is 32.2. The van der Waals surface area contributed by atoms with E-state index >= 15 is 0 Å². The Morgan fingerprint density at radius 2 is 2.25 bits per heavy atom. The van der Waals surface area contributed by atoms with Gasteiger partial charge in [-0.2, -0.15) is 0 Å². The van der Waals surface area contributed by atoms with Gasteiger partial charge in [-0.1, -0.05) is 6.92 Å². The first-order valence-corrected chi connectivity index (χ1v) is 7.12. The van der Waals surface area contributed by atoms with E-state index in [2.05, 4.69) is 4.98 Å². The molecular weight excluding hydrogens is 228 g/mol. The average molecular weight is 246 g/mol. The molecule has 0 aliphatic rings. The van der Waals surface area contributed by atoms with Crippen LogP contribution in [0.5, 0.6) is 0 Å². The molecule has 1 N–H and O–H groups in total. The van der Waals surface area contributed by atoms with Crippen molar-refractivity contribution in [2.24, 2.45) is 5.92 Å². The monoisotopic (exact) mass is 246 g/mol. The van der Waals surface area contributed by atoms with Crippen LogP contribution in [0.4, 0.5) is 0 Å². The molecule has 0 aliphatic heterocycles. The smallest absolute Gasteiger partial charge is 0.157 e. The molecule has 0 saturated heterocycles. The van der Waals surface area contributed by atoms with E-state index < -0.39 is 9.84 Å². The van der Waals surface area contributed by atoms with E-state index in [1.54, 1.807) is 23.9 Å². The van der Waals surface area contributed by atoms with Crippen LogP contribution in [0.1, 0.15) is 19.7 Å². The molecule has 92 valence electrons. The van der Waals surface area contributed by atoms with Gasteiger partial charge in [-0.3, -0.25) is 0 Å². The Bertz CT molecular complexity index is 425. The average Bonchev–Trinajstić information content (AvgIpc) is 2.63. The van der Waals surface area contributed by atoms with Crippen molar-refractivity contribution in [2.75, 3.05) is 12.4 Å². The minimum atomic E-state index is -3.19. The van der Waals surface area contributed by atoms with Crippen molar-refractivity contribution in [3.05, 3.63) is 18.2 Å². The summed E-state index contributed by atoms with van der Waals surface area (Å²) in [6.07, 6.45) is 3.37. The summed E-state index contributed by atoms with van der Waals surface area (Å²) in [6.45, 7) is 4.25. The van der Waals surface area contributed by atoms with Gasteiger partial charge < -0.3 is 9.67 Å². The number of nitrogens with zero attached hydrogens (tertiary/aromatic N) is 2. The van der Waals surface area contributed by atoms with Gasteiger partial charge in [0.05, 0.1) is 5.75 Å². The maximum atomic E-state index is 11.8. The Morgan fingerprint density at radius 1 is 1.56 bits per heavy atom. The molecule has 1 atom stereocenters. The third-order valence-electron chi connectivity index (χ3n) is 2.34. The lowest BCUT2D eigenvalue weighted by Crippen LogP contribution is -2.19. The fourth-order valence-corrected chi connectivity index (χ4v) is 3.23. The molecule has 0 radical (unpaired) electrons. The van der Waals surface area contributed by atoms with Crippen molar-refractivity contribution in [1.82, 2.24) is 9.55 Å². The number of aryl methyl sites for hydroxylation is 1. The van der Waals surface area contributed by atoms with Gasteiger partial charge in [-0.25, -0.2) is 13.4 Å². The number of hydrogen-bond acceptors (Lipinski definition) is 4. The van der Waals surface area contributed by atoms with E-state index in [-0.39, 0.29) is 24.0 Å². The molecule has 6 heteroatoms. The molecule has 0 spiro atoms. The first-order valence-electron chi connectivity index (χ1n) is 5.29. The number of rotatable bonds is 6. The molecule has 5 nitrogen and oxygen atoms in total. The van der Waals surface area contributed by atoms with Crippen molar-refractivity contribution in [3.63, 3.8) is 0 Å². The van der Waals surface area contributed by atoms with Gasteiger partial charge >= 0.3 is 0 Å². The van der Waals surface area contributed by atoms with E-state index in [9.17, 15) is 8.42 Å². The van der Waals surface area contributed by atoms with E-state index in [0.717, 1.165) is 0 Å². The van der Waals surface area contributed by atoms with E-state index in [1.165, 1.54) is 0 Å². The zero-order chi connectivity index (χ0) is 12.2. The van der Waals surface area contributed by atoms with Crippen LogP contribution in [0, 0.1) is 5.92 Å². The highest BCUT2D eigenvalue weighted by Gasteiger charge is 2.18. The van der Waals surface area contributed by atoms with Crippen LogP contribution >= 0.6 is 0 Å². The molecular formula is C10H18N2O3S. The van der Waals surface area contributed by atoms with Crippen molar-refractivity contribution < 1.29 is 13.5 Å². The zero-order valence-corrected chi connectivity index (χ0v) is 10.4. The molecule has 1 aromatic heterocycles. The van der Waals surface area contributed by atoms with E-state index in [4.69, 9.17) is 5.11 Å². The lowest BCUT2D eigenvalue weighted by atomic mass is 10.2. The van der Waals surface area contributed by atoms with Crippen molar-refractivity contribution in [3.8, 4) is 0 Å². The summed E-state index contributed by atoms with van der Waals surface area (Å²) in [5, 5.41) is 8.84. The molecule has 0 fully saturated rings. The van der Waals surface area contributed by atoms with Crippen LogP contribution in [0.25, 0.3) is 0 Å². The van der Waals surface area contributed by atoms with Crippen LogP contribution in [-0.2, 0) is 22.1 Å². The minimum absolute atomic E-state index is 0.0000737. The number of aromatic nitrogens is 2. The largest absolute Gasteiger partial charge is 0.396 e. The topological polar surface area (TPSA) is 72.2 Å². The predicted octanol–water partition coefficient (Wildman–Crippen LogP) is 0.446. The summed E-state index contributed by atoms with van der Waals surface area (Å²) in [7, 11) is -3.19. The van der Waals surface area contributed by atoms with Crippen LogP contribution in [-0.4, -0.2) is 35.4 Å². The molecule has 0 bridgehead atoms. The molecule has 1 rings (SSSR count). The SMILES string of the molecule is CCn1ccnc1CS(=O)(=O)CC(C)CO. The van der Waals surface area contributed by atoms with Crippen LogP contribution in [0.15, 0.2) is 12.4 Å². The van der Waals surface area contributed by atoms with Crippen molar-refractivity contribution in [1.29, 1.82) is 0 Å². The highest BCUT2D eigenvalue weighted by Crippen LogP contribution is 2.08. The Labute approximate surface area is 96.0 Å². The third kappa shape index (κ3) is 3.61. The van der Waals surface area contributed by atoms with Crippen LogP contribution in [0.3, 0.4) is 0 Å². The van der Waals surface area contributed by atoms with Gasteiger partial charge in [0.2, 0.25) is 0 Å². The molecule has 0 aliphatic carbocycles. The summed E-state index contributed by atoms with van der Waals surface area (Å²) in [5.41, 5.74) is 0. The Morgan fingerprint density at radius 3 is 2.81 bits per heavy atom. The lowest BCUT2D eigenvalue weighted by molar-refractivity contribution is 0.249. The van der Waals surface area contributed by atoms with Gasteiger partial charge in [0, 0.05) is 25.5 Å². The second-order valence-electron chi connectivity index (χ2n) is 3.97. The van der Waals surface area contributed by atoms with Gasteiger partial charge in [0.15, 0.2) is 9.84 Å². The second kappa shape index (κ2) is 5.45. The van der Waals surface area contributed by atoms with E-state index in [1.807, 2.05) is 6.92 Å². The number of aliphatic hydroxyl groups is 1. The summed E-state index contributed by atoms with van der Waals surface area (Å²) < 4.78 is 25.3. The van der Waals surface area contributed by atoms with Gasteiger partial charge in [0.1, 0.15) is 11.6 Å². The second-order valence-corrected chi connectivity index (χ2v) is 6.08. The van der Waals surface area contributed by atoms with Gasteiger partial charge in [-0.15, -0.1) is 0 Å². The molecule has 16 heavy (non-hydrogen) atoms. The van der Waals surface area contributed by atoms with Crippen LogP contribution in [0.2, 0.25) is 0 Å². The molecule has 0 saturated carbocycles. The predicted molar refractivity (Wildman–Crippen MR) is 61.6 cm³/mol. The first-order chi connectivity index (χ1) is 7.48. The molecule has 1 aromatic rings. The van der Waals surface area contributed by atoms with Gasteiger partial charge in [0.25, 0.3) is 0 Å². The maximum Gasteiger partial charge on any atom is 0.157 e. The number of sulfone groups is 1.